The minimum Gasteiger partial charge on any atom is -0.385 e. The number of para-hydroxylation sites is 1. The largest absolute Gasteiger partial charge is 0.385 e. The lowest BCUT2D eigenvalue weighted by atomic mass is 10.1. The maximum atomic E-state index is 12.9. The fourth-order valence-electron chi connectivity index (χ4n) is 3.61. The summed E-state index contributed by atoms with van der Waals surface area (Å²) in [7, 11) is 4.17. The molecule has 4 heteroatoms. The number of carbonyl (C=O) groups is 1. The number of hydrogen-bond donors (Lipinski definition) is 1. The molecule has 0 unspecified atom stereocenters. The van der Waals surface area contributed by atoms with Crippen molar-refractivity contribution in [3.63, 3.8) is 0 Å². The highest BCUT2D eigenvalue weighted by molar-refractivity contribution is 6.07. The van der Waals surface area contributed by atoms with Crippen LogP contribution in [0.3, 0.4) is 0 Å². The van der Waals surface area contributed by atoms with Crippen LogP contribution in [0.4, 0.5) is 11.4 Å². The van der Waals surface area contributed by atoms with Crippen LogP contribution in [0.2, 0.25) is 0 Å². The Morgan fingerprint density at radius 1 is 0.906 bits per heavy atom. The summed E-state index contributed by atoms with van der Waals surface area (Å²) in [4.78, 5) is 17.5. The Kier molecular flexibility index (Phi) is 11.6. The molecule has 0 amide bonds. The zero-order valence-corrected chi connectivity index (χ0v) is 20.4. The molecule has 2 rings (SSSR count). The van der Waals surface area contributed by atoms with E-state index < -0.39 is 0 Å². The first kappa shape index (κ1) is 25.7. The normalized spacial score (nSPS) is 11.3. The second kappa shape index (κ2) is 14.5. The van der Waals surface area contributed by atoms with E-state index in [1.165, 1.54) is 25.7 Å². The van der Waals surface area contributed by atoms with E-state index in [1.54, 1.807) is 6.08 Å². The average molecular weight is 436 g/mol. The monoisotopic (exact) mass is 435 g/mol. The number of allylic oxidation sites excluding steroid dienone is 1. The molecule has 0 aliphatic rings. The van der Waals surface area contributed by atoms with Gasteiger partial charge in [-0.05, 0) is 75.8 Å². The smallest absolute Gasteiger partial charge is 0.185 e. The molecule has 32 heavy (non-hydrogen) atoms. The number of unbranched alkanes of at least 4 members (excludes halogenated alkanes) is 2. The summed E-state index contributed by atoms with van der Waals surface area (Å²) < 4.78 is 0. The Morgan fingerprint density at radius 3 is 2.31 bits per heavy atom. The van der Waals surface area contributed by atoms with Gasteiger partial charge in [0.15, 0.2) is 5.78 Å². The highest BCUT2D eigenvalue weighted by Crippen LogP contribution is 2.20. The van der Waals surface area contributed by atoms with Crippen LogP contribution >= 0.6 is 0 Å². The first-order valence-electron chi connectivity index (χ1n) is 12.1. The van der Waals surface area contributed by atoms with Crippen molar-refractivity contribution < 1.29 is 4.79 Å². The maximum Gasteiger partial charge on any atom is 0.185 e. The molecule has 0 aromatic heterocycles. The van der Waals surface area contributed by atoms with Gasteiger partial charge in [-0.25, -0.2) is 0 Å². The second-order valence-electron chi connectivity index (χ2n) is 8.61. The van der Waals surface area contributed by atoms with Gasteiger partial charge < -0.3 is 15.1 Å². The maximum absolute atomic E-state index is 12.9. The minimum atomic E-state index is 0.0418. The van der Waals surface area contributed by atoms with Crippen LogP contribution in [0, 0.1) is 0 Å². The SMILES string of the molecule is CCCCN(CCCC)c1cccc(C(=O)C=Cc2ccccc2NCCCN(C)C)c1. The van der Waals surface area contributed by atoms with E-state index in [1.807, 2.05) is 42.5 Å². The number of nitrogens with one attached hydrogen (secondary N) is 1. The Morgan fingerprint density at radius 2 is 1.62 bits per heavy atom. The van der Waals surface area contributed by atoms with Gasteiger partial charge in [0.05, 0.1) is 0 Å². The molecule has 0 heterocycles. The van der Waals surface area contributed by atoms with Crippen molar-refractivity contribution in [3.05, 3.63) is 65.7 Å². The quantitative estimate of drug-likeness (QED) is 0.201. The van der Waals surface area contributed by atoms with Crippen LogP contribution in [-0.4, -0.2) is 51.0 Å². The molecule has 0 radical (unpaired) electrons. The predicted octanol–water partition coefficient (Wildman–Crippen LogP) is 6.35. The van der Waals surface area contributed by atoms with Crippen molar-refractivity contribution in [1.29, 1.82) is 0 Å². The Hall–Kier alpha value is -2.59. The molecule has 2 aromatic rings. The van der Waals surface area contributed by atoms with Gasteiger partial charge in [0.1, 0.15) is 0 Å². The van der Waals surface area contributed by atoms with Gasteiger partial charge in [0, 0.05) is 36.6 Å². The van der Waals surface area contributed by atoms with Gasteiger partial charge in [0.25, 0.3) is 0 Å². The van der Waals surface area contributed by atoms with Gasteiger partial charge in [-0.2, -0.15) is 0 Å². The van der Waals surface area contributed by atoms with Gasteiger partial charge >= 0.3 is 0 Å². The molecular formula is C28H41N3O. The van der Waals surface area contributed by atoms with E-state index in [0.29, 0.717) is 0 Å². The molecule has 0 bridgehead atoms. The number of rotatable bonds is 15. The molecule has 0 aliphatic carbocycles. The summed E-state index contributed by atoms with van der Waals surface area (Å²) in [5.41, 5.74) is 3.99. The Balaban J connectivity index is 2.08. The van der Waals surface area contributed by atoms with Gasteiger partial charge in [-0.15, -0.1) is 0 Å². The standard InChI is InChI=1S/C28H41N3O/c1-5-7-21-31(22-8-6-2)26-15-11-14-25(23-26)28(32)18-17-24-13-9-10-16-27(24)29-19-12-20-30(3)4/h9-11,13-18,23,29H,5-8,12,19-22H2,1-4H3. The van der Waals surface area contributed by atoms with E-state index in [9.17, 15) is 4.79 Å². The van der Waals surface area contributed by atoms with Crippen molar-refractivity contribution in [2.75, 3.05) is 50.5 Å². The highest BCUT2D eigenvalue weighted by atomic mass is 16.1. The highest BCUT2D eigenvalue weighted by Gasteiger charge is 2.09. The van der Waals surface area contributed by atoms with Crippen LogP contribution in [-0.2, 0) is 0 Å². The number of carbonyl (C=O) groups excluding carboxylic acids is 1. The van der Waals surface area contributed by atoms with E-state index in [4.69, 9.17) is 0 Å². The van der Waals surface area contributed by atoms with Crippen molar-refractivity contribution in [2.45, 2.75) is 46.0 Å². The fraction of sp³-hybridized carbons (Fsp3) is 0.464. The first-order valence-corrected chi connectivity index (χ1v) is 12.1. The van der Waals surface area contributed by atoms with Gasteiger partial charge in [-0.3, -0.25) is 4.79 Å². The van der Waals surface area contributed by atoms with Crippen LogP contribution in [0.1, 0.15) is 61.9 Å². The summed E-state index contributed by atoms with van der Waals surface area (Å²) >= 11 is 0. The molecule has 0 aliphatic heterocycles. The van der Waals surface area contributed by atoms with Crippen molar-refractivity contribution >= 4 is 23.2 Å². The topological polar surface area (TPSA) is 35.6 Å². The zero-order valence-electron chi connectivity index (χ0n) is 20.4. The van der Waals surface area contributed by atoms with E-state index >= 15 is 0 Å². The number of anilines is 2. The first-order chi connectivity index (χ1) is 15.5. The fourth-order valence-corrected chi connectivity index (χ4v) is 3.61. The van der Waals surface area contributed by atoms with Crippen LogP contribution in [0.5, 0.6) is 0 Å². The molecule has 4 nitrogen and oxygen atoms in total. The summed E-state index contributed by atoms with van der Waals surface area (Å²) in [5.74, 6) is 0.0418. The predicted molar refractivity (Wildman–Crippen MR) is 140 cm³/mol. The third kappa shape index (κ3) is 8.88. The van der Waals surface area contributed by atoms with E-state index in [-0.39, 0.29) is 5.78 Å². The van der Waals surface area contributed by atoms with E-state index in [0.717, 1.165) is 55.1 Å². The van der Waals surface area contributed by atoms with Crippen LogP contribution in [0.25, 0.3) is 6.08 Å². The third-order valence-corrected chi connectivity index (χ3v) is 5.53. The van der Waals surface area contributed by atoms with E-state index in [2.05, 4.69) is 55.2 Å². The average Bonchev–Trinajstić information content (AvgIpc) is 2.81. The molecule has 0 fully saturated rings. The lowest BCUT2D eigenvalue weighted by molar-refractivity contribution is 0.104. The molecule has 1 N–H and O–H groups in total. The second-order valence-corrected chi connectivity index (χ2v) is 8.61. The molecular weight excluding hydrogens is 394 g/mol. The number of nitrogens with zero attached hydrogens (tertiary/aromatic N) is 2. The van der Waals surface area contributed by atoms with Crippen molar-refractivity contribution in [2.24, 2.45) is 0 Å². The Bertz CT molecular complexity index is 836. The molecule has 0 saturated carbocycles. The summed E-state index contributed by atoms with van der Waals surface area (Å²) in [6.07, 6.45) is 9.37. The van der Waals surface area contributed by atoms with Crippen molar-refractivity contribution in [3.8, 4) is 0 Å². The summed E-state index contributed by atoms with van der Waals surface area (Å²) in [6.45, 7) is 8.47. The van der Waals surface area contributed by atoms with Crippen LogP contribution < -0.4 is 10.2 Å². The molecule has 0 atom stereocenters. The lowest BCUT2D eigenvalue weighted by Crippen LogP contribution is -2.25. The van der Waals surface area contributed by atoms with Gasteiger partial charge in [-0.1, -0.05) is 57.0 Å². The van der Waals surface area contributed by atoms with Gasteiger partial charge in [0.2, 0.25) is 0 Å². The number of hydrogen-bond acceptors (Lipinski definition) is 4. The lowest BCUT2D eigenvalue weighted by Gasteiger charge is -2.25. The summed E-state index contributed by atoms with van der Waals surface area (Å²) in [6, 6.07) is 16.2. The third-order valence-electron chi connectivity index (χ3n) is 5.53. The van der Waals surface area contributed by atoms with Crippen molar-refractivity contribution in [1.82, 2.24) is 4.90 Å². The molecule has 2 aromatic carbocycles. The number of benzene rings is 2. The molecule has 0 spiro atoms. The summed E-state index contributed by atoms with van der Waals surface area (Å²) in [5, 5.41) is 3.50. The Labute approximate surface area is 195 Å². The number of ketones is 1. The minimum absolute atomic E-state index is 0.0418. The molecule has 0 saturated heterocycles. The van der Waals surface area contributed by atoms with Crippen LogP contribution in [0.15, 0.2) is 54.6 Å². The molecule has 174 valence electrons. The zero-order chi connectivity index (χ0) is 23.2.